The Morgan fingerprint density at radius 1 is 0.583 bits per heavy atom. The van der Waals surface area contributed by atoms with Crippen molar-refractivity contribution in [3.63, 3.8) is 0 Å². The van der Waals surface area contributed by atoms with Gasteiger partial charge in [0, 0.05) is 22.3 Å². The summed E-state index contributed by atoms with van der Waals surface area (Å²) in [5.74, 6) is -0.835. The van der Waals surface area contributed by atoms with Crippen molar-refractivity contribution >= 4 is 68.0 Å². The third-order valence-corrected chi connectivity index (χ3v) is 5.51. The molecule has 0 radical (unpaired) electrons. The SMILES string of the molecule is O=C1C2=C(Cl)c3cccc(Cl)c3C(=O)C2=C(Cl)c2cccc(Cl)c21. The first-order valence-electron chi connectivity index (χ1n) is 6.90. The normalized spacial score (nSPS) is 16.2. The molecule has 24 heavy (non-hydrogen) atoms. The summed E-state index contributed by atoms with van der Waals surface area (Å²) in [6.07, 6.45) is 0. The van der Waals surface area contributed by atoms with Gasteiger partial charge in [-0.05, 0) is 12.1 Å². The van der Waals surface area contributed by atoms with E-state index in [2.05, 4.69) is 0 Å². The second-order valence-electron chi connectivity index (χ2n) is 5.36. The van der Waals surface area contributed by atoms with E-state index >= 15 is 0 Å². The predicted octanol–water partition coefficient (Wildman–Crippen LogP) is 5.99. The summed E-state index contributed by atoms with van der Waals surface area (Å²) in [7, 11) is 0. The van der Waals surface area contributed by atoms with Gasteiger partial charge in [0.25, 0.3) is 0 Å². The maximum atomic E-state index is 13.0. The van der Waals surface area contributed by atoms with Crippen molar-refractivity contribution in [1.29, 1.82) is 0 Å². The van der Waals surface area contributed by atoms with Crippen molar-refractivity contribution in [2.45, 2.75) is 0 Å². The summed E-state index contributed by atoms with van der Waals surface area (Å²) in [6.45, 7) is 0. The van der Waals surface area contributed by atoms with E-state index in [1.807, 2.05) is 0 Å². The number of allylic oxidation sites excluding steroid dienone is 2. The van der Waals surface area contributed by atoms with Gasteiger partial charge >= 0.3 is 0 Å². The van der Waals surface area contributed by atoms with Crippen LogP contribution in [0.4, 0.5) is 0 Å². The van der Waals surface area contributed by atoms with E-state index in [1.54, 1.807) is 36.4 Å². The lowest BCUT2D eigenvalue weighted by atomic mass is 9.78. The van der Waals surface area contributed by atoms with Crippen LogP contribution in [0.15, 0.2) is 47.5 Å². The molecule has 0 amide bonds. The molecule has 0 aliphatic heterocycles. The molecule has 2 aliphatic carbocycles. The Balaban J connectivity index is 2.16. The molecule has 0 atom stereocenters. The first-order chi connectivity index (χ1) is 11.4. The zero-order valence-corrected chi connectivity index (χ0v) is 14.8. The van der Waals surface area contributed by atoms with Gasteiger partial charge in [-0.3, -0.25) is 9.59 Å². The highest BCUT2D eigenvalue weighted by molar-refractivity contribution is 6.61. The molecule has 2 aromatic rings. The van der Waals surface area contributed by atoms with Gasteiger partial charge in [0.05, 0.1) is 31.3 Å². The molecule has 0 heterocycles. The lowest BCUT2D eigenvalue weighted by Crippen LogP contribution is -2.25. The van der Waals surface area contributed by atoms with Crippen LogP contribution in [0.2, 0.25) is 10.0 Å². The number of benzene rings is 2. The minimum Gasteiger partial charge on any atom is -0.288 e. The minimum absolute atomic E-state index is 0.0713. The van der Waals surface area contributed by atoms with Gasteiger partial charge in [0.2, 0.25) is 0 Å². The summed E-state index contributed by atoms with van der Waals surface area (Å²) >= 11 is 25.2. The van der Waals surface area contributed by atoms with Crippen LogP contribution in [0.1, 0.15) is 31.8 Å². The fourth-order valence-electron chi connectivity index (χ4n) is 3.04. The maximum Gasteiger partial charge on any atom is 0.197 e. The number of halogens is 4. The van der Waals surface area contributed by atoms with E-state index in [0.29, 0.717) is 11.1 Å². The van der Waals surface area contributed by atoms with Gasteiger partial charge < -0.3 is 0 Å². The highest BCUT2D eigenvalue weighted by atomic mass is 35.5. The number of hydrogen-bond donors (Lipinski definition) is 0. The fraction of sp³-hybridized carbons (Fsp3) is 0. The van der Waals surface area contributed by atoms with E-state index in [9.17, 15) is 9.59 Å². The number of ketones is 2. The first-order valence-corrected chi connectivity index (χ1v) is 8.41. The Morgan fingerprint density at radius 2 is 0.958 bits per heavy atom. The quantitative estimate of drug-likeness (QED) is 0.549. The monoisotopic (exact) mass is 394 g/mol. The van der Waals surface area contributed by atoms with Crippen LogP contribution in [-0.4, -0.2) is 11.6 Å². The molecule has 0 fully saturated rings. The Morgan fingerprint density at radius 3 is 1.33 bits per heavy atom. The minimum atomic E-state index is -0.418. The average Bonchev–Trinajstić information content (AvgIpc) is 2.55. The molecule has 2 nitrogen and oxygen atoms in total. The van der Waals surface area contributed by atoms with Crippen molar-refractivity contribution in [1.82, 2.24) is 0 Å². The van der Waals surface area contributed by atoms with Gasteiger partial charge in [0.15, 0.2) is 11.6 Å². The third-order valence-electron chi connectivity index (χ3n) is 4.10. The van der Waals surface area contributed by atoms with Crippen LogP contribution >= 0.6 is 46.4 Å². The standard InChI is InChI=1S/C18H6Cl4O2/c19-9-5-1-3-7-11(9)17(23)14-13(15(7)21)18(24)12-8(16(14)22)4-2-6-10(12)20/h1-6H. The second kappa shape index (κ2) is 5.47. The van der Waals surface area contributed by atoms with Gasteiger partial charge in [-0.2, -0.15) is 0 Å². The van der Waals surface area contributed by atoms with Gasteiger partial charge in [-0.15, -0.1) is 0 Å². The Kier molecular flexibility index (Phi) is 3.63. The number of rotatable bonds is 0. The molecule has 0 aromatic heterocycles. The molecule has 0 N–H and O–H groups in total. The molecule has 2 aromatic carbocycles. The molecule has 2 aliphatic rings. The van der Waals surface area contributed by atoms with E-state index in [-0.39, 0.29) is 42.4 Å². The van der Waals surface area contributed by atoms with Crippen molar-refractivity contribution < 1.29 is 9.59 Å². The topological polar surface area (TPSA) is 34.1 Å². The molecule has 0 saturated heterocycles. The summed E-state index contributed by atoms with van der Waals surface area (Å²) < 4.78 is 0. The largest absolute Gasteiger partial charge is 0.288 e. The molecular weight excluding hydrogens is 390 g/mol. The molecule has 6 heteroatoms. The van der Waals surface area contributed by atoms with Crippen molar-refractivity contribution in [2.24, 2.45) is 0 Å². The number of carbonyl (C=O) groups excluding carboxylic acids is 2. The number of fused-ring (bicyclic) bond motifs is 3. The summed E-state index contributed by atoms with van der Waals surface area (Å²) in [5.41, 5.74) is 1.48. The fourth-order valence-corrected chi connectivity index (χ4v) is 4.24. The summed E-state index contributed by atoms with van der Waals surface area (Å²) in [5, 5.41) is 0.818. The van der Waals surface area contributed by atoms with Crippen LogP contribution in [0, 0.1) is 0 Å². The Labute approximate surface area is 157 Å². The maximum absolute atomic E-state index is 13.0. The molecule has 4 rings (SSSR count). The van der Waals surface area contributed by atoms with Crippen LogP contribution < -0.4 is 0 Å². The zero-order chi connectivity index (χ0) is 17.2. The average molecular weight is 396 g/mol. The molecule has 0 saturated carbocycles. The lowest BCUT2D eigenvalue weighted by Gasteiger charge is -2.27. The van der Waals surface area contributed by atoms with E-state index < -0.39 is 11.6 Å². The Bertz CT molecular complexity index is 948. The second-order valence-corrected chi connectivity index (χ2v) is 6.93. The van der Waals surface area contributed by atoms with E-state index in [0.717, 1.165) is 0 Å². The van der Waals surface area contributed by atoms with E-state index in [4.69, 9.17) is 46.4 Å². The molecular formula is C18H6Cl4O2. The van der Waals surface area contributed by atoms with Gasteiger partial charge in [-0.25, -0.2) is 0 Å². The van der Waals surface area contributed by atoms with E-state index in [1.165, 1.54) is 0 Å². The van der Waals surface area contributed by atoms with Crippen molar-refractivity contribution in [2.75, 3.05) is 0 Å². The van der Waals surface area contributed by atoms with Crippen molar-refractivity contribution in [3.8, 4) is 0 Å². The number of Topliss-reactive ketones (excluding diaryl/α,β-unsaturated/α-hetero) is 2. The van der Waals surface area contributed by atoms with Crippen LogP contribution in [0.5, 0.6) is 0 Å². The smallest absolute Gasteiger partial charge is 0.197 e. The first kappa shape index (κ1) is 15.9. The Hall–Kier alpha value is -1.58. The van der Waals surface area contributed by atoms with Crippen LogP contribution in [0.25, 0.3) is 10.1 Å². The highest BCUT2D eigenvalue weighted by Crippen LogP contribution is 2.48. The molecule has 118 valence electrons. The summed E-state index contributed by atoms with van der Waals surface area (Å²) in [6, 6.07) is 9.82. The lowest BCUT2D eigenvalue weighted by molar-refractivity contribution is 0.0994. The third kappa shape index (κ3) is 1.98. The molecule has 0 unspecified atom stereocenters. The zero-order valence-electron chi connectivity index (χ0n) is 11.8. The van der Waals surface area contributed by atoms with Crippen LogP contribution in [0.3, 0.4) is 0 Å². The van der Waals surface area contributed by atoms with Crippen LogP contribution in [-0.2, 0) is 0 Å². The molecule has 0 spiro atoms. The van der Waals surface area contributed by atoms with Gasteiger partial charge in [0.1, 0.15) is 0 Å². The van der Waals surface area contributed by atoms with Gasteiger partial charge in [-0.1, -0.05) is 70.7 Å². The summed E-state index contributed by atoms with van der Waals surface area (Å²) in [4.78, 5) is 25.9. The van der Waals surface area contributed by atoms with Crippen molar-refractivity contribution in [3.05, 3.63) is 79.8 Å². The highest BCUT2D eigenvalue weighted by Gasteiger charge is 2.41. The molecule has 0 bridgehead atoms. The predicted molar refractivity (Wildman–Crippen MR) is 97.1 cm³/mol. The number of hydrogen-bond acceptors (Lipinski definition) is 2. The number of carbonyl (C=O) groups is 2.